The van der Waals surface area contributed by atoms with Gasteiger partial charge in [-0.3, -0.25) is 14.4 Å². The fourth-order valence-corrected chi connectivity index (χ4v) is 2.47. The first-order chi connectivity index (χ1) is 13.2. The summed E-state index contributed by atoms with van der Waals surface area (Å²) in [6, 6.07) is 11.1. The zero-order valence-corrected chi connectivity index (χ0v) is 16.7. The van der Waals surface area contributed by atoms with Crippen molar-refractivity contribution in [2.45, 2.75) is 20.3 Å². The number of hydrogen-bond donors (Lipinski definition) is 3. The van der Waals surface area contributed by atoms with Crippen molar-refractivity contribution in [2.24, 2.45) is 5.10 Å². The number of halogens is 2. The van der Waals surface area contributed by atoms with Crippen LogP contribution < -0.4 is 16.1 Å². The van der Waals surface area contributed by atoms with Crippen LogP contribution >= 0.6 is 23.2 Å². The van der Waals surface area contributed by atoms with E-state index in [1.165, 1.54) is 6.92 Å². The van der Waals surface area contributed by atoms with Gasteiger partial charge in [0.25, 0.3) is 5.91 Å². The van der Waals surface area contributed by atoms with Gasteiger partial charge in [-0.1, -0.05) is 23.2 Å². The molecule has 0 heterocycles. The lowest BCUT2D eigenvalue weighted by Crippen LogP contribution is -2.21. The number of carbonyl (C=O) groups excluding carboxylic acids is 3. The number of rotatable bonds is 6. The van der Waals surface area contributed by atoms with Crippen molar-refractivity contribution in [3.63, 3.8) is 0 Å². The Morgan fingerprint density at radius 3 is 2.14 bits per heavy atom. The second-order valence-corrected chi connectivity index (χ2v) is 6.71. The molecule has 0 radical (unpaired) electrons. The molecule has 0 atom stereocenters. The molecule has 0 saturated carbocycles. The Balaban J connectivity index is 1.88. The van der Waals surface area contributed by atoms with Crippen molar-refractivity contribution in [3.8, 4) is 0 Å². The minimum atomic E-state index is -0.432. The summed E-state index contributed by atoms with van der Waals surface area (Å²) in [5.74, 6) is -0.941. The maximum absolute atomic E-state index is 12.1. The number of amides is 3. The molecule has 28 heavy (non-hydrogen) atoms. The highest BCUT2D eigenvalue weighted by atomic mass is 35.5. The van der Waals surface area contributed by atoms with Crippen LogP contribution in [0.5, 0.6) is 0 Å². The van der Waals surface area contributed by atoms with Gasteiger partial charge in [0.05, 0.1) is 16.5 Å². The smallest absolute Gasteiger partial charge is 0.271 e. The number of hydrazone groups is 1. The van der Waals surface area contributed by atoms with Crippen molar-refractivity contribution >= 4 is 58.0 Å². The number of benzene rings is 2. The average molecular weight is 421 g/mol. The molecular weight excluding hydrogens is 403 g/mol. The Bertz CT molecular complexity index is 927. The first kappa shape index (κ1) is 21.4. The van der Waals surface area contributed by atoms with Gasteiger partial charge in [-0.25, -0.2) is 5.43 Å². The van der Waals surface area contributed by atoms with Gasteiger partial charge in [-0.2, -0.15) is 5.10 Å². The first-order valence-corrected chi connectivity index (χ1v) is 8.96. The molecule has 7 nitrogen and oxygen atoms in total. The van der Waals surface area contributed by atoms with Gasteiger partial charge in [0.2, 0.25) is 11.8 Å². The maximum Gasteiger partial charge on any atom is 0.271 e. The number of nitrogens with zero attached hydrogens (tertiary/aromatic N) is 1. The molecule has 0 aliphatic rings. The van der Waals surface area contributed by atoms with Crippen molar-refractivity contribution in [2.75, 3.05) is 10.6 Å². The summed E-state index contributed by atoms with van der Waals surface area (Å²) in [4.78, 5) is 35.1. The van der Waals surface area contributed by atoms with Crippen LogP contribution in [0.3, 0.4) is 0 Å². The standard InChI is InChI=1S/C19H18Cl2N4O3/c1-11(9-18(27)23-15-7-8-16(20)17(21)10-15)24-25-19(28)13-3-5-14(6-4-13)22-12(2)26/h3-8,10H,9H2,1-2H3,(H,22,26)(H,23,27)(H,25,28)/b24-11+. The van der Waals surface area contributed by atoms with Gasteiger partial charge < -0.3 is 10.6 Å². The third-order valence-electron chi connectivity index (χ3n) is 3.44. The molecule has 0 unspecified atom stereocenters. The third-order valence-corrected chi connectivity index (χ3v) is 4.17. The summed E-state index contributed by atoms with van der Waals surface area (Å²) >= 11 is 11.7. The Hall–Kier alpha value is -2.90. The van der Waals surface area contributed by atoms with Gasteiger partial charge >= 0.3 is 0 Å². The van der Waals surface area contributed by atoms with E-state index in [1.54, 1.807) is 49.4 Å². The van der Waals surface area contributed by atoms with E-state index in [1.807, 2.05) is 0 Å². The lowest BCUT2D eigenvalue weighted by molar-refractivity contribution is -0.115. The Kier molecular flexibility index (Phi) is 7.54. The Morgan fingerprint density at radius 2 is 1.54 bits per heavy atom. The van der Waals surface area contributed by atoms with Crippen LogP contribution in [0.2, 0.25) is 10.0 Å². The molecule has 3 amide bonds. The Labute approximate surface area is 172 Å². The summed E-state index contributed by atoms with van der Waals surface area (Å²) in [5.41, 5.74) is 4.27. The minimum absolute atomic E-state index is 0.0119. The highest BCUT2D eigenvalue weighted by Gasteiger charge is 2.08. The molecule has 2 aromatic carbocycles. The van der Waals surface area contributed by atoms with E-state index in [-0.39, 0.29) is 18.2 Å². The fourth-order valence-electron chi connectivity index (χ4n) is 2.17. The summed E-state index contributed by atoms with van der Waals surface area (Å²) in [7, 11) is 0. The van der Waals surface area contributed by atoms with Crippen LogP contribution in [0, 0.1) is 0 Å². The van der Waals surface area contributed by atoms with Gasteiger partial charge in [0, 0.05) is 29.6 Å². The monoisotopic (exact) mass is 420 g/mol. The largest absolute Gasteiger partial charge is 0.326 e. The lowest BCUT2D eigenvalue weighted by Gasteiger charge is -2.07. The van der Waals surface area contributed by atoms with Crippen LogP contribution in [-0.4, -0.2) is 23.4 Å². The summed E-state index contributed by atoms with van der Waals surface area (Å²) in [5, 5.41) is 9.94. The molecule has 0 fully saturated rings. The number of anilines is 2. The van der Waals surface area contributed by atoms with E-state index < -0.39 is 5.91 Å². The molecule has 0 aliphatic heterocycles. The molecule has 0 saturated heterocycles. The second-order valence-electron chi connectivity index (χ2n) is 5.90. The molecule has 3 N–H and O–H groups in total. The van der Waals surface area contributed by atoms with Crippen LogP contribution in [0.25, 0.3) is 0 Å². The number of nitrogens with one attached hydrogen (secondary N) is 3. The number of carbonyl (C=O) groups is 3. The van der Waals surface area contributed by atoms with E-state index in [4.69, 9.17) is 23.2 Å². The topological polar surface area (TPSA) is 99.7 Å². The Morgan fingerprint density at radius 1 is 0.893 bits per heavy atom. The van der Waals surface area contributed by atoms with Crippen molar-refractivity contribution in [1.82, 2.24) is 5.43 Å². The van der Waals surface area contributed by atoms with E-state index in [2.05, 4.69) is 21.2 Å². The average Bonchev–Trinajstić information content (AvgIpc) is 2.63. The van der Waals surface area contributed by atoms with Crippen LogP contribution in [0.4, 0.5) is 11.4 Å². The third kappa shape index (κ3) is 6.68. The zero-order valence-electron chi connectivity index (χ0n) is 15.2. The summed E-state index contributed by atoms with van der Waals surface area (Å²) in [6.45, 7) is 3.02. The molecule has 2 rings (SSSR count). The predicted octanol–water partition coefficient (Wildman–Crippen LogP) is 4.09. The zero-order chi connectivity index (χ0) is 20.7. The molecule has 0 aliphatic carbocycles. The van der Waals surface area contributed by atoms with Crippen LogP contribution in [0.1, 0.15) is 30.6 Å². The summed E-state index contributed by atoms with van der Waals surface area (Å²) < 4.78 is 0. The van der Waals surface area contributed by atoms with Gasteiger partial charge in [-0.15, -0.1) is 0 Å². The van der Waals surface area contributed by atoms with Crippen LogP contribution in [0.15, 0.2) is 47.6 Å². The molecule has 0 spiro atoms. The number of hydrogen-bond acceptors (Lipinski definition) is 4. The lowest BCUT2D eigenvalue weighted by atomic mass is 10.2. The SMILES string of the molecule is CC(=O)Nc1ccc(C(=O)N/N=C(\C)CC(=O)Nc2ccc(Cl)c(Cl)c2)cc1. The van der Waals surface area contributed by atoms with E-state index in [0.717, 1.165) is 0 Å². The normalized spacial score (nSPS) is 10.9. The molecular formula is C19H18Cl2N4O3. The molecule has 2 aromatic rings. The van der Waals surface area contributed by atoms with E-state index in [9.17, 15) is 14.4 Å². The minimum Gasteiger partial charge on any atom is -0.326 e. The van der Waals surface area contributed by atoms with Crippen molar-refractivity contribution in [1.29, 1.82) is 0 Å². The highest BCUT2D eigenvalue weighted by Crippen LogP contribution is 2.25. The van der Waals surface area contributed by atoms with Crippen LogP contribution in [-0.2, 0) is 9.59 Å². The van der Waals surface area contributed by atoms with Gasteiger partial charge in [-0.05, 0) is 49.4 Å². The predicted molar refractivity (Wildman–Crippen MR) is 111 cm³/mol. The molecule has 0 aromatic heterocycles. The maximum atomic E-state index is 12.1. The highest BCUT2D eigenvalue weighted by molar-refractivity contribution is 6.42. The molecule has 146 valence electrons. The molecule has 0 bridgehead atoms. The fraction of sp³-hybridized carbons (Fsp3) is 0.158. The second kappa shape index (κ2) is 9.87. The van der Waals surface area contributed by atoms with Crippen molar-refractivity contribution < 1.29 is 14.4 Å². The molecule has 9 heteroatoms. The van der Waals surface area contributed by atoms with E-state index >= 15 is 0 Å². The quantitative estimate of drug-likeness (QED) is 0.484. The van der Waals surface area contributed by atoms with Crippen molar-refractivity contribution in [3.05, 3.63) is 58.1 Å². The van der Waals surface area contributed by atoms with Gasteiger partial charge in [0.1, 0.15) is 0 Å². The van der Waals surface area contributed by atoms with Gasteiger partial charge in [0.15, 0.2) is 0 Å². The summed E-state index contributed by atoms with van der Waals surface area (Å²) in [6.07, 6.45) is -0.0119. The van der Waals surface area contributed by atoms with E-state index in [0.29, 0.717) is 32.7 Å². The first-order valence-electron chi connectivity index (χ1n) is 8.20.